The molecular formula is C17H23ClN2O4. The number of amides is 1. The second-order valence-corrected chi connectivity index (χ2v) is 7.26. The van der Waals surface area contributed by atoms with Gasteiger partial charge in [0.2, 0.25) is 0 Å². The van der Waals surface area contributed by atoms with E-state index in [9.17, 15) is 14.7 Å². The number of rotatable bonds is 3. The van der Waals surface area contributed by atoms with E-state index in [0.29, 0.717) is 24.7 Å². The van der Waals surface area contributed by atoms with Gasteiger partial charge in [-0.2, -0.15) is 0 Å². The molecule has 1 heterocycles. The summed E-state index contributed by atoms with van der Waals surface area (Å²) in [5.41, 5.74) is 0.281. The molecule has 24 heavy (non-hydrogen) atoms. The lowest BCUT2D eigenvalue weighted by Crippen LogP contribution is -2.58. The number of hydrogen-bond acceptors (Lipinski definition) is 4. The zero-order chi connectivity index (χ0) is 17.9. The number of benzene rings is 1. The Morgan fingerprint density at radius 3 is 2.54 bits per heavy atom. The number of carboxylic acid groups (broad SMARTS) is 1. The van der Waals surface area contributed by atoms with Gasteiger partial charge < -0.3 is 9.84 Å². The third-order valence-electron chi connectivity index (χ3n) is 3.73. The van der Waals surface area contributed by atoms with Crippen molar-refractivity contribution in [3.8, 4) is 0 Å². The summed E-state index contributed by atoms with van der Waals surface area (Å²) in [6.07, 6.45) is -0.590. The van der Waals surface area contributed by atoms with Crippen LogP contribution in [0.5, 0.6) is 0 Å². The summed E-state index contributed by atoms with van der Waals surface area (Å²) in [7, 11) is 0. The van der Waals surface area contributed by atoms with Crippen LogP contribution in [0, 0.1) is 0 Å². The molecule has 6 nitrogen and oxygen atoms in total. The highest BCUT2D eigenvalue weighted by molar-refractivity contribution is 6.31. The number of hydrogen-bond donors (Lipinski definition) is 1. The molecule has 1 aromatic carbocycles. The van der Waals surface area contributed by atoms with Crippen LogP contribution in [0.2, 0.25) is 5.02 Å². The monoisotopic (exact) mass is 354 g/mol. The Balaban J connectivity index is 2.06. The minimum Gasteiger partial charge on any atom is -0.480 e. The third-order valence-corrected chi connectivity index (χ3v) is 4.10. The van der Waals surface area contributed by atoms with Gasteiger partial charge in [-0.05, 0) is 32.4 Å². The van der Waals surface area contributed by atoms with Crippen LogP contribution in [-0.4, -0.2) is 58.2 Å². The van der Waals surface area contributed by atoms with E-state index in [1.54, 1.807) is 20.8 Å². The van der Waals surface area contributed by atoms with Crippen LogP contribution in [0.3, 0.4) is 0 Å². The lowest BCUT2D eigenvalue weighted by molar-refractivity contribution is -0.145. The second kappa shape index (κ2) is 7.40. The van der Waals surface area contributed by atoms with Crippen LogP contribution >= 0.6 is 11.6 Å². The normalized spacial score (nSPS) is 19.2. The predicted molar refractivity (Wildman–Crippen MR) is 91.1 cm³/mol. The minimum atomic E-state index is -1.04. The van der Waals surface area contributed by atoms with Crippen LogP contribution in [0.15, 0.2) is 24.3 Å². The Morgan fingerprint density at radius 2 is 1.96 bits per heavy atom. The molecule has 0 unspecified atom stereocenters. The van der Waals surface area contributed by atoms with Crippen LogP contribution in [0.4, 0.5) is 4.79 Å². The molecule has 2 rings (SSSR count). The smallest absolute Gasteiger partial charge is 0.411 e. The van der Waals surface area contributed by atoms with E-state index in [1.807, 2.05) is 29.2 Å². The Morgan fingerprint density at radius 1 is 1.29 bits per heavy atom. The molecule has 0 aromatic heterocycles. The number of aliphatic carboxylic acids is 1. The molecule has 1 aliphatic rings. The average Bonchev–Trinajstić information content (AvgIpc) is 2.47. The first-order chi connectivity index (χ1) is 11.2. The maximum absolute atomic E-state index is 12.2. The standard InChI is InChI=1S/C17H23ClN2O4/c1-17(2,3)24-16(23)20-9-8-19(11-14(20)15(21)22)10-12-6-4-5-7-13(12)18/h4-7,14H,8-11H2,1-3H3,(H,21,22)/t14-/m0/s1. The van der Waals surface area contributed by atoms with Crippen molar-refractivity contribution < 1.29 is 19.4 Å². The van der Waals surface area contributed by atoms with E-state index in [1.165, 1.54) is 4.90 Å². The molecule has 7 heteroatoms. The fourth-order valence-electron chi connectivity index (χ4n) is 2.60. The largest absolute Gasteiger partial charge is 0.480 e. The summed E-state index contributed by atoms with van der Waals surface area (Å²) in [6.45, 7) is 6.92. The molecule has 0 aliphatic carbocycles. The maximum atomic E-state index is 12.2. The molecule has 1 amide bonds. The fourth-order valence-corrected chi connectivity index (χ4v) is 2.80. The molecule has 1 fully saturated rings. The highest BCUT2D eigenvalue weighted by atomic mass is 35.5. The molecule has 1 aromatic rings. The lowest BCUT2D eigenvalue weighted by atomic mass is 10.1. The Kier molecular flexibility index (Phi) is 5.72. The van der Waals surface area contributed by atoms with Gasteiger partial charge in [0.1, 0.15) is 11.6 Å². The Hall–Kier alpha value is -1.79. The molecule has 0 saturated carbocycles. The quantitative estimate of drug-likeness (QED) is 0.903. The second-order valence-electron chi connectivity index (χ2n) is 6.85. The van der Waals surface area contributed by atoms with E-state index in [-0.39, 0.29) is 6.54 Å². The minimum absolute atomic E-state index is 0.236. The number of nitrogens with zero attached hydrogens (tertiary/aromatic N) is 2. The van der Waals surface area contributed by atoms with Gasteiger partial charge in [0.05, 0.1) is 0 Å². The van der Waals surface area contributed by atoms with E-state index in [0.717, 1.165) is 5.56 Å². The average molecular weight is 355 g/mol. The summed E-state index contributed by atoms with van der Waals surface area (Å²) in [6, 6.07) is 6.54. The molecule has 0 radical (unpaired) electrons. The lowest BCUT2D eigenvalue weighted by Gasteiger charge is -2.39. The van der Waals surface area contributed by atoms with Crippen LogP contribution in [0.1, 0.15) is 26.3 Å². The highest BCUT2D eigenvalue weighted by Crippen LogP contribution is 2.21. The van der Waals surface area contributed by atoms with Crippen LogP contribution in [-0.2, 0) is 16.1 Å². The Labute approximate surface area is 146 Å². The fraction of sp³-hybridized carbons (Fsp3) is 0.529. The summed E-state index contributed by atoms with van der Waals surface area (Å²) in [5.74, 6) is -1.04. The molecule has 1 N–H and O–H groups in total. The van der Waals surface area contributed by atoms with Crippen molar-refractivity contribution in [2.45, 2.75) is 39.0 Å². The topological polar surface area (TPSA) is 70.1 Å². The molecule has 1 saturated heterocycles. The number of halogens is 1. The van der Waals surface area contributed by atoms with Crippen LogP contribution in [0.25, 0.3) is 0 Å². The van der Waals surface area contributed by atoms with Crippen LogP contribution < -0.4 is 0 Å². The Bertz CT molecular complexity index is 615. The highest BCUT2D eigenvalue weighted by Gasteiger charge is 2.37. The van der Waals surface area contributed by atoms with Gasteiger partial charge in [-0.3, -0.25) is 9.80 Å². The van der Waals surface area contributed by atoms with Gasteiger partial charge in [0.25, 0.3) is 0 Å². The van der Waals surface area contributed by atoms with Crippen molar-refractivity contribution in [2.75, 3.05) is 19.6 Å². The number of ether oxygens (including phenoxy) is 1. The van der Waals surface area contributed by atoms with Crippen molar-refractivity contribution in [3.63, 3.8) is 0 Å². The number of carboxylic acids is 1. The first-order valence-corrected chi connectivity index (χ1v) is 8.23. The van der Waals surface area contributed by atoms with Crippen molar-refractivity contribution in [1.82, 2.24) is 9.80 Å². The maximum Gasteiger partial charge on any atom is 0.411 e. The van der Waals surface area contributed by atoms with Crippen molar-refractivity contribution in [1.29, 1.82) is 0 Å². The van der Waals surface area contributed by atoms with Gasteiger partial charge in [-0.15, -0.1) is 0 Å². The number of piperazine rings is 1. The summed E-state index contributed by atoms with van der Waals surface area (Å²) < 4.78 is 5.31. The molecule has 1 aliphatic heterocycles. The number of carbonyl (C=O) groups excluding carboxylic acids is 1. The van der Waals surface area contributed by atoms with Crippen molar-refractivity contribution in [2.24, 2.45) is 0 Å². The molecule has 132 valence electrons. The van der Waals surface area contributed by atoms with Gasteiger partial charge >= 0.3 is 12.1 Å². The van der Waals surface area contributed by atoms with Gasteiger partial charge in [-0.25, -0.2) is 9.59 Å². The predicted octanol–water partition coefficient (Wildman–Crippen LogP) is 2.85. The van der Waals surface area contributed by atoms with Gasteiger partial charge in [0, 0.05) is 31.2 Å². The zero-order valence-electron chi connectivity index (χ0n) is 14.2. The molecular weight excluding hydrogens is 332 g/mol. The zero-order valence-corrected chi connectivity index (χ0v) is 14.9. The van der Waals surface area contributed by atoms with E-state index >= 15 is 0 Å². The van der Waals surface area contributed by atoms with Gasteiger partial charge in [0.15, 0.2) is 0 Å². The van der Waals surface area contributed by atoms with E-state index in [2.05, 4.69) is 0 Å². The SMILES string of the molecule is CC(C)(C)OC(=O)N1CCN(Cc2ccccc2Cl)C[C@H]1C(=O)O. The molecule has 0 spiro atoms. The summed E-state index contributed by atoms with van der Waals surface area (Å²) >= 11 is 6.17. The van der Waals surface area contributed by atoms with Gasteiger partial charge in [-0.1, -0.05) is 29.8 Å². The molecule has 1 atom stereocenters. The number of carbonyl (C=O) groups is 2. The summed E-state index contributed by atoms with van der Waals surface area (Å²) in [5, 5.41) is 10.1. The first-order valence-electron chi connectivity index (χ1n) is 7.85. The van der Waals surface area contributed by atoms with Crippen molar-refractivity contribution >= 4 is 23.7 Å². The van der Waals surface area contributed by atoms with Crippen molar-refractivity contribution in [3.05, 3.63) is 34.9 Å². The van der Waals surface area contributed by atoms with E-state index < -0.39 is 23.7 Å². The third kappa shape index (κ3) is 4.85. The summed E-state index contributed by atoms with van der Waals surface area (Å²) in [4.78, 5) is 27.1. The molecule has 0 bridgehead atoms. The van der Waals surface area contributed by atoms with E-state index in [4.69, 9.17) is 16.3 Å². The first kappa shape index (κ1) is 18.5.